The van der Waals surface area contributed by atoms with Crippen LogP contribution in [-0.4, -0.2) is 24.3 Å². The number of carbonyl (C=O) groups excluding carboxylic acids is 1. The van der Waals surface area contributed by atoms with Crippen molar-refractivity contribution in [3.8, 4) is 22.3 Å². The van der Waals surface area contributed by atoms with E-state index >= 15 is 0 Å². The molecule has 1 saturated carbocycles. The number of benzene rings is 3. The van der Waals surface area contributed by atoms with E-state index in [1.54, 1.807) is 0 Å². The van der Waals surface area contributed by atoms with Gasteiger partial charge in [-0.3, -0.25) is 4.79 Å². The van der Waals surface area contributed by atoms with E-state index in [9.17, 15) is 9.90 Å². The van der Waals surface area contributed by atoms with Crippen LogP contribution in [-0.2, 0) is 16.0 Å². The first-order valence-electron chi connectivity index (χ1n) is 16.1. The zero-order valence-electron chi connectivity index (χ0n) is 26.0. The van der Waals surface area contributed by atoms with Crippen LogP contribution in [0, 0.1) is 24.7 Å². The molecule has 0 spiro atoms. The van der Waals surface area contributed by atoms with Crippen molar-refractivity contribution >= 4 is 17.6 Å². The van der Waals surface area contributed by atoms with Gasteiger partial charge >= 0.3 is 5.97 Å². The fourth-order valence-electron chi connectivity index (χ4n) is 6.50. The molecule has 1 atom stereocenters. The first-order chi connectivity index (χ1) is 20.3. The van der Waals surface area contributed by atoms with Crippen LogP contribution in [0.2, 0.25) is 5.02 Å². The summed E-state index contributed by atoms with van der Waals surface area (Å²) in [6.07, 6.45) is 9.89. The van der Waals surface area contributed by atoms with Gasteiger partial charge in [0.05, 0.1) is 12.5 Å². The number of esters is 1. The van der Waals surface area contributed by atoms with E-state index in [0.29, 0.717) is 24.9 Å². The number of aliphatic hydroxyl groups is 1. The highest BCUT2D eigenvalue weighted by Gasteiger charge is 2.29. The summed E-state index contributed by atoms with van der Waals surface area (Å²) in [5.74, 6) is 1.04. The number of halogens is 1. The predicted octanol–water partition coefficient (Wildman–Crippen LogP) is 10.2. The molecule has 0 saturated heterocycles. The molecule has 0 bridgehead atoms. The number of unbranched alkanes of at least 4 members (excludes halogenated alkanes) is 2. The molecule has 4 heteroatoms. The second-order valence-electron chi connectivity index (χ2n) is 12.6. The molecule has 0 heterocycles. The highest BCUT2D eigenvalue weighted by Crippen LogP contribution is 2.41. The summed E-state index contributed by atoms with van der Waals surface area (Å²) in [5.41, 5.74) is 8.82. The van der Waals surface area contributed by atoms with Crippen LogP contribution in [0.1, 0.15) is 94.7 Å². The predicted molar refractivity (Wildman–Crippen MR) is 176 cm³/mol. The summed E-state index contributed by atoms with van der Waals surface area (Å²) in [6, 6.07) is 22.3. The topological polar surface area (TPSA) is 46.5 Å². The van der Waals surface area contributed by atoms with E-state index in [1.807, 2.05) is 13.8 Å². The fourth-order valence-corrected chi connectivity index (χ4v) is 6.78. The zero-order chi connectivity index (χ0) is 30.1. The maximum absolute atomic E-state index is 12.0. The van der Waals surface area contributed by atoms with Gasteiger partial charge in [-0.2, -0.15) is 0 Å². The maximum Gasteiger partial charge on any atom is 0.308 e. The molecule has 1 N–H and O–H groups in total. The van der Waals surface area contributed by atoms with Gasteiger partial charge in [0.25, 0.3) is 0 Å². The molecule has 1 aliphatic carbocycles. The molecule has 1 fully saturated rings. The van der Waals surface area contributed by atoms with Crippen molar-refractivity contribution in [2.24, 2.45) is 17.8 Å². The number of ether oxygens (including phenoxy) is 1. The molecule has 0 amide bonds. The van der Waals surface area contributed by atoms with E-state index in [1.165, 1.54) is 52.6 Å². The first-order valence-corrected chi connectivity index (χ1v) is 16.5. The monoisotopic (exact) mass is 588 g/mol. The zero-order valence-corrected chi connectivity index (χ0v) is 26.8. The van der Waals surface area contributed by atoms with Gasteiger partial charge in [0.1, 0.15) is 0 Å². The Hall–Kier alpha value is -2.62. The standard InChI is InChI=1S/C38H49ClO3/c1-5-6-7-8-32-17-18-34(24-37(32)39)29-13-15-31(16-14-29)36-20-19-33(23-27(36)4)28-9-11-30(12-10-28)35(21-22-40)25-42-38(41)26(2)3/h13-20,23-24,26,28,30,35,40H,5-12,21-22,25H2,1-4H3. The number of hydrogen-bond donors (Lipinski definition) is 1. The lowest BCUT2D eigenvalue weighted by atomic mass is 9.73. The van der Waals surface area contributed by atoms with Crippen molar-refractivity contribution in [3.63, 3.8) is 0 Å². The number of hydrogen-bond acceptors (Lipinski definition) is 3. The third-order valence-electron chi connectivity index (χ3n) is 9.20. The average molecular weight is 589 g/mol. The minimum atomic E-state index is -0.145. The summed E-state index contributed by atoms with van der Waals surface area (Å²) >= 11 is 6.63. The number of carbonyl (C=O) groups is 1. The van der Waals surface area contributed by atoms with Gasteiger partial charge in [-0.25, -0.2) is 0 Å². The van der Waals surface area contributed by atoms with Crippen molar-refractivity contribution in [2.45, 2.75) is 91.4 Å². The Labute approximate surface area is 258 Å². The van der Waals surface area contributed by atoms with Crippen molar-refractivity contribution < 1.29 is 14.6 Å². The molecule has 3 nitrogen and oxygen atoms in total. The quantitative estimate of drug-likeness (QED) is 0.159. The van der Waals surface area contributed by atoms with Gasteiger partial charge in [-0.05, 0) is 115 Å². The lowest BCUT2D eigenvalue weighted by molar-refractivity contribution is -0.149. The lowest BCUT2D eigenvalue weighted by Gasteiger charge is -2.34. The Bertz CT molecular complexity index is 1290. The first kappa shape index (κ1) is 32.3. The fraction of sp³-hybridized carbons (Fsp3) is 0.500. The molecule has 4 rings (SSSR count). The Kier molecular flexibility index (Phi) is 12.1. The van der Waals surface area contributed by atoms with Crippen molar-refractivity contribution in [2.75, 3.05) is 13.2 Å². The third kappa shape index (κ3) is 8.48. The number of aliphatic hydroxyl groups excluding tert-OH is 1. The molecular weight excluding hydrogens is 540 g/mol. The summed E-state index contributed by atoms with van der Waals surface area (Å²) in [6.45, 7) is 8.74. The van der Waals surface area contributed by atoms with Gasteiger partial charge in [0.15, 0.2) is 0 Å². The molecular formula is C38H49ClO3. The largest absolute Gasteiger partial charge is 0.465 e. The molecule has 3 aromatic rings. The lowest BCUT2D eigenvalue weighted by Crippen LogP contribution is -2.27. The highest BCUT2D eigenvalue weighted by atomic mass is 35.5. The molecule has 0 radical (unpaired) electrons. The van der Waals surface area contributed by atoms with Crippen LogP contribution >= 0.6 is 11.6 Å². The SMILES string of the molecule is CCCCCc1ccc(-c2ccc(-c3ccc(C4CCC(C(CCO)COC(=O)C(C)C)CC4)cc3C)cc2)cc1Cl. The minimum Gasteiger partial charge on any atom is -0.465 e. The van der Waals surface area contributed by atoms with Gasteiger partial charge in [0.2, 0.25) is 0 Å². The highest BCUT2D eigenvalue weighted by molar-refractivity contribution is 6.31. The van der Waals surface area contributed by atoms with E-state index in [4.69, 9.17) is 16.3 Å². The molecule has 42 heavy (non-hydrogen) atoms. The molecule has 1 aliphatic rings. The summed E-state index contributed by atoms with van der Waals surface area (Å²) in [7, 11) is 0. The van der Waals surface area contributed by atoms with Crippen LogP contribution in [0.5, 0.6) is 0 Å². The average Bonchev–Trinajstić information content (AvgIpc) is 3.00. The Balaban J connectivity index is 1.37. The van der Waals surface area contributed by atoms with Crippen LogP contribution in [0.15, 0.2) is 60.7 Å². The van der Waals surface area contributed by atoms with Crippen molar-refractivity contribution in [1.29, 1.82) is 0 Å². The summed E-state index contributed by atoms with van der Waals surface area (Å²) < 4.78 is 5.56. The van der Waals surface area contributed by atoms with Gasteiger partial charge in [-0.15, -0.1) is 0 Å². The van der Waals surface area contributed by atoms with E-state index in [0.717, 1.165) is 42.7 Å². The summed E-state index contributed by atoms with van der Waals surface area (Å²) in [5, 5.41) is 10.5. The second-order valence-corrected chi connectivity index (χ2v) is 13.0. The molecule has 1 unspecified atom stereocenters. The number of aryl methyl sites for hydroxylation is 2. The van der Waals surface area contributed by atoms with Crippen molar-refractivity contribution in [1.82, 2.24) is 0 Å². The maximum atomic E-state index is 12.0. The third-order valence-corrected chi connectivity index (χ3v) is 9.56. The Morgan fingerprint density at radius 3 is 2.24 bits per heavy atom. The minimum absolute atomic E-state index is 0.115. The smallest absolute Gasteiger partial charge is 0.308 e. The van der Waals surface area contributed by atoms with Crippen LogP contribution in [0.4, 0.5) is 0 Å². The van der Waals surface area contributed by atoms with Gasteiger partial charge in [-0.1, -0.05) is 99.8 Å². The number of rotatable bonds is 13. The van der Waals surface area contributed by atoms with Gasteiger partial charge in [0, 0.05) is 11.6 Å². The second kappa shape index (κ2) is 15.7. The Morgan fingerprint density at radius 2 is 1.62 bits per heavy atom. The Morgan fingerprint density at radius 1 is 0.929 bits per heavy atom. The van der Waals surface area contributed by atoms with Gasteiger partial charge < -0.3 is 9.84 Å². The van der Waals surface area contributed by atoms with E-state index in [-0.39, 0.29) is 24.4 Å². The van der Waals surface area contributed by atoms with Crippen LogP contribution in [0.3, 0.4) is 0 Å². The molecule has 3 aromatic carbocycles. The van der Waals surface area contributed by atoms with Crippen molar-refractivity contribution in [3.05, 3.63) is 82.4 Å². The molecule has 0 aliphatic heterocycles. The van der Waals surface area contributed by atoms with Crippen LogP contribution < -0.4 is 0 Å². The normalized spacial score (nSPS) is 17.8. The summed E-state index contributed by atoms with van der Waals surface area (Å²) in [4.78, 5) is 12.0. The molecule has 0 aromatic heterocycles. The van der Waals surface area contributed by atoms with E-state index < -0.39 is 0 Å². The van der Waals surface area contributed by atoms with Crippen LogP contribution in [0.25, 0.3) is 22.3 Å². The molecule has 226 valence electrons. The van der Waals surface area contributed by atoms with E-state index in [2.05, 4.69) is 74.5 Å².